The summed E-state index contributed by atoms with van der Waals surface area (Å²) in [5.41, 5.74) is 0. The Kier molecular flexibility index (Phi) is 5.27. The molecule has 3 heteroatoms. The van der Waals surface area contributed by atoms with Crippen LogP contribution in [0.25, 0.3) is 0 Å². The van der Waals surface area contributed by atoms with E-state index in [4.69, 9.17) is 0 Å². The predicted molar refractivity (Wildman–Crippen MR) is 80.2 cm³/mol. The van der Waals surface area contributed by atoms with Gasteiger partial charge in [-0.1, -0.05) is 6.42 Å². The first-order valence-electron chi connectivity index (χ1n) is 8.15. The number of aliphatic hydroxyl groups is 1. The number of fused-ring (bicyclic) bond motifs is 2. The van der Waals surface area contributed by atoms with Gasteiger partial charge in [0.1, 0.15) is 0 Å². The Morgan fingerprint density at radius 1 is 1.11 bits per heavy atom. The van der Waals surface area contributed by atoms with E-state index in [0.717, 1.165) is 18.3 Å². The molecule has 0 amide bonds. The van der Waals surface area contributed by atoms with Crippen LogP contribution in [0.3, 0.4) is 0 Å². The van der Waals surface area contributed by atoms with E-state index >= 15 is 0 Å². The average Bonchev–Trinajstić information content (AvgIpc) is 2.26. The Bertz CT molecular complexity index is 266. The first kappa shape index (κ1) is 15.3. The molecular formula is C16H32N2O. The van der Waals surface area contributed by atoms with Crippen LogP contribution in [-0.2, 0) is 0 Å². The molecule has 2 bridgehead atoms. The Labute approximate surface area is 118 Å². The first-order chi connectivity index (χ1) is 8.97. The minimum absolute atomic E-state index is 0.196. The lowest BCUT2D eigenvalue weighted by Gasteiger charge is -2.50. The first-order valence-corrected chi connectivity index (χ1v) is 8.15. The highest BCUT2D eigenvalue weighted by molar-refractivity contribution is 4.96. The van der Waals surface area contributed by atoms with Crippen molar-refractivity contribution in [3.05, 3.63) is 0 Å². The summed E-state index contributed by atoms with van der Waals surface area (Å²) in [6.45, 7) is 11.3. The molecule has 2 rings (SSSR count). The highest BCUT2D eigenvalue weighted by atomic mass is 16.3. The molecule has 2 aliphatic rings. The normalized spacial score (nSPS) is 35.4. The molecule has 0 spiro atoms. The lowest BCUT2D eigenvalue weighted by molar-refractivity contribution is 0.0231. The van der Waals surface area contributed by atoms with E-state index in [1.54, 1.807) is 0 Å². The lowest BCUT2D eigenvalue weighted by atomic mass is 9.73. The summed E-state index contributed by atoms with van der Waals surface area (Å²) in [6, 6.07) is 1.79. The van der Waals surface area contributed by atoms with Crippen LogP contribution < -0.4 is 5.32 Å². The third-order valence-corrected chi connectivity index (χ3v) is 5.01. The van der Waals surface area contributed by atoms with Gasteiger partial charge in [0, 0.05) is 31.2 Å². The van der Waals surface area contributed by atoms with E-state index in [-0.39, 0.29) is 6.10 Å². The summed E-state index contributed by atoms with van der Waals surface area (Å²) in [5.74, 6) is 1.62. The smallest absolute Gasteiger partial charge is 0.0526 e. The third kappa shape index (κ3) is 3.93. The van der Waals surface area contributed by atoms with E-state index < -0.39 is 0 Å². The van der Waals surface area contributed by atoms with Crippen LogP contribution in [0.5, 0.6) is 0 Å². The van der Waals surface area contributed by atoms with Crippen molar-refractivity contribution in [2.75, 3.05) is 13.1 Å². The van der Waals surface area contributed by atoms with Crippen LogP contribution in [0.15, 0.2) is 0 Å². The maximum Gasteiger partial charge on any atom is 0.0526 e. The van der Waals surface area contributed by atoms with Crippen LogP contribution in [0.2, 0.25) is 0 Å². The van der Waals surface area contributed by atoms with Gasteiger partial charge >= 0.3 is 0 Å². The van der Waals surface area contributed by atoms with Gasteiger partial charge in [-0.25, -0.2) is 0 Å². The number of nitrogens with zero attached hydrogens (tertiary/aromatic N) is 1. The molecule has 1 saturated carbocycles. The van der Waals surface area contributed by atoms with Crippen molar-refractivity contribution < 1.29 is 5.11 Å². The van der Waals surface area contributed by atoms with Gasteiger partial charge < -0.3 is 15.3 Å². The average molecular weight is 268 g/mol. The van der Waals surface area contributed by atoms with Gasteiger partial charge in [0.05, 0.1) is 6.10 Å². The molecule has 3 nitrogen and oxygen atoms in total. The van der Waals surface area contributed by atoms with Crippen molar-refractivity contribution in [3.63, 3.8) is 0 Å². The van der Waals surface area contributed by atoms with Crippen LogP contribution in [0.1, 0.15) is 53.4 Å². The van der Waals surface area contributed by atoms with Gasteiger partial charge in [0.25, 0.3) is 0 Å². The lowest BCUT2D eigenvalue weighted by Crippen LogP contribution is -2.59. The van der Waals surface area contributed by atoms with Gasteiger partial charge in [-0.2, -0.15) is 0 Å². The van der Waals surface area contributed by atoms with E-state index in [2.05, 4.69) is 31.0 Å². The predicted octanol–water partition coefficient (Wildman–Crippen LogP) is 2.24. The molecule has 1 heterocycles. The summed E-state index contributed by atoms with van der Waals surface area (Å²) in [6.07, 6.45) is 4.82. The zero-order valence-electron chi connectivity index (χ0n) is 13.1. The van der Waals surface area contributed by atoms with E-state index in [1.165, 1.54) is 32.4 Å². The highest BCUT2D eigenvalue weighted by Gasteiger charge is 2.40. The summed E-state index contributed by atoms with van der Waals surface area (Å²) in [7, 11) is 0. The molecule has 1 aliphatic carbocycles. The van der Waals surface area contributed by atoms with E-state index in [1.807, 2.05) is 6.92 Å². The Hall–Kier alpha value is -0.120. The fourth-order valence-electron chi connectivity index (χ4n) is 4.07. The fraction of sp³-hybridized carbons (Fsp3) is 1.00. The van der Waals surface area contributed by atoms with Gasteiger partial charge in [0.15, 0.2) is 0 Å². The molecule has 0 aromatic carbocycles. The van der Waals surface area contributed by atoms with Crippen LogP contribution >= 0.6 is 0 Å². The molecule has 4 unspecified atom stereocenters. The molecule has 4 atom stereocenters. The number of nitrogens with one attached hydrogen (secondary N) is 1. The minimum atomic E-state index is -0.196. The topological polar surface area (TPSA) is 35.5 Å². The molecule has 19 heavy (non-hydrogen) atoms. The molecule has 2 fully saturated rings. The van der Waals surface area contributed by atoms with Crippen LogP contribution in [0.4, 0.5) is 0 Å². The molecule has 112 valence electrons. The standard InChI is InChI=1S/C16H32N2O/c1-11(2)18-9-14-6-5-7-15(10-18)16(14)17-12(3)8-13(4)19/h11-17,19H,5-10H2,1-4H3. The second kappa shape index (κ2) is 6.55. The fourth-order valence-corrected chi connectivity index (χ4v) is 4.07. The largest absolute Gasteiger partial charge is 0.393 e. The maximum atomic E-state index is 9.52. The quantitative estimate of drug-likeness (QED) is 0.803. The molecule has 1 aliphatic heterocycles. The van der Waals surface area contributed by atoms with Gasteiger partial charge in [-0.15, -0.1) is 0 Å². The third-order valence-electron chi connectivity index (χ3n) is 5.01. The van der Waals surface area contributed by atoms with E-state index in [9.17, 15) is 5.11 Å². The van der Waals surface area contributed by atoms with Crippen molar-refractivity contribution in [2.45, 2.75) is 77.6 Å². The molecule has 0 aromatic heterocycles. The van der Waals surface area contributed by atoms with Crippen LogP contribution in [0, 0.1) is 11.8 Å². The number of hydrogen-bond donors (Lipinski definition) is 2. The molecule has 2 N–H and O–H groups in total. The highest BCUT2D eigenvalue weighted by Crippen LogP contribution is 2.36. The molecule has 0 radical (unpaired) electrons. The monoisotopic (exact) mass is 268 g/mol. The van der Waals surface area contributed by atoms with Gasteiger partial charge in [-0.05, 0) is 58.8 Å². The zero-order chi connectivity index (χ0) is 14.0. The SMILES string of the molecule is CC(O)CC(C)NC1C2CCCC1CN(C(C)C)C2. The van der Waals surface area contributed by atoms with Crippen molar-refractivity contribution in [3.8, 4) is 0 Å². The second-order valence-electron chi connectivity index (χ2n) is 7.18. The van der Waals surface area contributed by atoms with Crippen molar-refractivity contribution >= 4 is 0 Å². The van der Waals surface area contributed by atoms with Crippen molar-refractivity contribution in [2.24, 2.45) is 11.8 Å². The van der Waals surface area contributed by atoms with Gasteiger partial charge in [-0.3, -0.25) is 0 Å². The second-order valence-corrected chi connectivity index (χ2v) is 7.18. The van der Waals surface area contributed by atoms with Crippen molar-refractivity contribution in [1.29, 1.82) is 0 Å². The number of piperidine rings is 1. The molecular weight excluding hydrogens is 236 g/mol. The summed E-state index contributed by atoms with van der Waals surface area (Å²) in [4.78, 5) is 2.66. The minimum Gasteiger partial charge on any atom is -0.393 e. The molecule has 1 saturated heterocycles. The number of hydrogen-bond acceptors (Lipinski definition) is 3. The van der Waals surface area contributed by atoms with E-state index in [0.29, 0.717) is 18.1 Å². The number of likely N-dealkylation sites (tertiary alicyclic amines) is 1. The van der Waals surface area contributed by atoms with Gasteiger partial charge in [0.2, 0.25) is 0 Å². The Morgan fingerprint density at radius 3 is 2.16 bits per heavy atom. The molecule has 0 aromatic rings. The Balaban J connectivity index is 1.94. The maximum absolute atomic E-state index is 9.52. The summed E-state index contributed by atoms with van der Waals surface area (Å²) >= 11 is 0. The van der Waals surface area contributed by atoms with Crippen LogP contribution in [-0.4, -0.2) is 47.3 Å². The number of aliphatic hydroxyl groups excluding tert-OH is 1. The summed E-state index contributed by atoms with van der Waals surface area (Å²) < 4.78 is 0. The zero-order valence-corrected chi connectivity index (χ0v) is 13.1. The Morgan fingerprint density at radius 2 is 1.68 bits per heavy atom. The van der Waals surface area contributed by atoms with Crippen molar-refractivity contribution in [1.82, 2.24) is 10.2 Å². The number of rotatable bonds is 5. The summed E-state index contributed by atoms with van der Waals surface area (Å²) in [5, 5.41) is 13.3.